The van der Waals surface area contributed by atoms with Crippen LogP contribution in [-0.2, 0) is 19.9 Å². The molecule has 0 heterocycles. The van der Waals surface area contributed by atoms with Crippen LogP contribution in [0.15, 0.2) is 63.2 Å². The number of hydrogen-bond donors (Lipinski definition) is 1. The van der Waals surface area contributed by atoms with Crippen molar-refractivity contribution in [2.45, 2.75) is 59.8 Å². The SMILES string of the molecule is Cc1ccc(S(=O)(=O)c2ccccc2)cc1S(=O)(=O)NC1CCCCC1. The molecule has 2 aromatic rings. The second-order valence-electron chi connectivity index (χ2n) is 6.70. The Morgan fingerprint density at radius 1 is 0.846 bits per heavy atom. The zero-order valence-corrected chi connectivity index (χ0v) is 16.3. The van der Waals surface area contributed by atoms with Crippen LogP contribution in [0.25, 0.3) is 0 Å². The quantitative estimate of drug-likeness (QED) is 0.844. The summed E-state index contributed by atoms with van der Waals surface area (Å²) in [5.41, 5.74) is 0.528. The van der Waals surface area contributed by atoms with Gasteiger partial charge in [-0.15, -0.1) is 0 Å². The van der Waals surface area contributed by atoms with Crippen molar-refractivity contribution >= 4 is 19.9 Å². The van der Waals surface area contributed by atoms with E-state index in [-0.39, 0.29) is 20.7 Å². The first-order chi connectivity index (χ1) is 12.3. The van der Waals surface area contributed by atoms with Crippen LogP contribution in [0.4, 0.5) is 0 Å². The van der Waals surface area contributed by atoms with Gasteiger partial charge in [0.25, 0.3) is 0 Å². The van der Waals surface area contributed by atoms with Crippen LogP contribution >= 0.6 is 0 Å². The summed E-state index contributed by atoms with van der Waals surface area (Å²) in [5.74, 6) is 0. The highest BCUT2D eigenvalue weighted by molar-refractivity contribution is 7.91. The van der Waals surface area contributed by atoms with Gasteiger partial charge in [-0.1, -0.05) is 43.5 Å². The Hall–Kier alpha value is -1.70. The molecule has 1 aliphatic carbocycles. The third-order valence-corrected chi connectivity index (χ3v) is 8.17. The van der Waals surface area contributed by atoms with Gasteiger partial charge in [-0.05, 0) is 49.6 Å². The predicted octanol–water partition coefficient (Wildman–Crippen LogP) is 3.44. The van der Waals surface area contributed by atoms with Gasteiger partial charge in [-0.2, -0.15) is 0 Å². The van der Waals surface area contributed by atoms with Gasteiger partial charge in [0.1, 0.15) is 0 Å². The lowest BCUT2D eigenvalue weighted by atomic mass is 9.96. The Labute approximate surface area is 155 Å². The number of nitrogens with one attached hydrogen (secondary N) is 1. The summed E-state index contributed by atoms with van der Waals surface area (Å²) in [5, 5.41) is 0. The third kappa shape index (κ3) is 4.00. The molecule has 1 fully saturated rings. The topological polar surface area (TPSA) is 80.3 Å². The first kappa shape index (κ1) is 19.1. The Kier molecular flexibility index (Phi) is 5.50. The van der Waals surface area contributed by atoms with Crippen molar-refractivity contribution in [2.75, 3.05) is 0 Å². The monoisotopic (exact) mass is 393 g/mol. The highest BCUT2D eigenvalue weighted by Crippen LogP contribution is 2.26. The Balaban J connectivity index is 1.97. The molecule has 0 spiro atoms. The number of sulfonamides is 1. The first-order valence-corrected chi connectivity index (χ1v) is 11.7. The molecule has 1 N–H and O–H groups in total. The molecule has 140 valence electrons. The molecule has 26 heavy (non-hydrogen) atoms. The van der Waals surface area contributed by atoms with Gasteiger partial charge in [-0.25, -0.2) is 21.6 Å². The molecule has 2 aromatic carbocycles. The number of sulfone groups is 1. The molecular weight excluding hydrogens is 370 g/mol. The molecule has 0 saturated heterocycles. The summed E-state index contributed by atoms with van der Waals surface area (Å²) in [6, 6.07) is 12.2. The van der Waals surface area contributed by atoms with Crippen LogP contribution in [0.1, 0.15) is 37.7 Å². The van der Waals surface area contributed by atoms with E-state index in [1.54, 1.807) is 31.2 Å². The average Bonchev–Trinajstić information content (AvgIpc) is 2.63. The van der Waals surface area contributed by atoms with Crippen LogP contribution in [0.3, 0.4) is 0 Å². The van der Waals surface area contributed by atoms with Gasteiger partial charge in [0.2, 0.25) is 19.9 Å². The minimum atomic E-state index is -3.77. The molecule has 1 aliphatic rings. The van der Waals surface area contributed by atoms with E-state index in [4.69, 9.17) is 0 Å². The molecule has 0 amide bonds. The summed E-state index contributed by atoms with van der Waals surface area (Å²) in [4.78, 5) is 0.158. The smallest absolute Gasteiger partial charge is 0.219 e. The highest BCUT2D eigenvalue weighted by atomic mass is 32.2. The molecule has 3 rings (SSSR count). The number of aryl methyl sites for hydroxylation is 1. The number of hydrogen-bond acceptors (Lipinski definition) is 4. The Morgan fingerprint density at radius 3 is 2.15 bits per heavy atom. The summed E-state index contributed by atoms with van der Waals surface area (Å²) in [7, 11) is -7.53. The van der Waals surface area contributed by atoms with E-state index in [1.165, 1.54) is 24.3 Å². The predicted molar refractivity (Wildman–Crippen MR) is 100 cm³/mol. The second kappa shape index (κ2) is 7.50. The van der Waals surface area contributed by atoms with Crippen molar-refractivity contribution in [3.8, 4) is 0 Å². The van der Waals surface area contributed by atoms with E-state index in [0.717, 1.165) is 32.1 Å². The average molecular weight is 394 g/mol. The molecule has 0 aromatic heterocycles. The standard InChI is InChI=1S/C19H23NO4S2/c1-15-12-13-18(25(21,22)17-10-6-3-7-11-17)14-19(15)26(23,24)20-16-8-4-2-5-9-16/h3,6-7,10-14,16,20H,2,4-5,8-9H2,1H3. The molecule has 1 saturated carbocycles. The fraction of sp³-hybridized carbons (Fsp3) is 0.368. The summed E-state index contributed by atoms with van der Waals surface area (Å²) < 4.78 is 54.0. The van der Waals surface area contributed by atoms with E-state index >= 15 is 0 Å². The van der Waals surface area contributed by atoms with Crippen molar-refractivity contribution in [2.24, 2.45) is 0 Å². The molecule has 0 radical (unpaired) electrons. The van der Waals surface area contributed by atoms with Gasteiger partial charge in [-0.3, -0.25) is 0 Å². The Morgan fingerprint density at radius 2 is 1.50 bits per heavy atom. The zero-order chi connectivity index (χ0) is 18.8. The van der Waals surface area contributed by atoms with Gasteiger partial charge >= 0.3 is 0 Å². The lowest BCUT2D eigenvalue weighted by Gasteiger charge is -2.23. The highest BCUT2D eigenvalue weighted by Gasteiger charge is 2.26. The minimum Gasteiger partial charge on any atom is -0.219 e. The molecule has 5 nitrogen and oxygen atoms in total. The summed E-state index contributed by atoms with van der Waals surface area (Å²) >= 11 is 0. The van der Waals surface area contributed by atoms with E-state index in [9.17, 15) is 16.8 Å². The van der Waals surface area contributed by atoms with Gasteiger partial charge in [0.15, 0.2) is 0 Å². The fourth-order valence-corrected chi connectivity index (χ4v) is 6.23. The second-order valence-corrected chi connectivity index (χ2v) is 10.3. The van der Waals surface area contributed by atoms with Gasteiger partial charge < -0.3 is 0 Å². The van der Waals surface area contributed by atoms with Crippen molar-refractivity contribution in [3.05, 3.63) is 54.1 Å². The molecule has 0 bridgehead atoms. The lowest BCUT2D eigenvalue weighted by Crippen LogP contribution is -2.36. The van der Waals surface area contributed by atoms with Gasteiger partial charge in [0, 0.05) is 6.04 Å². The van der Waals surface area contributed by atoms with E-state index < -0.39 is 19.9 Å². The third-order valence-electron chi connectivity index (χ3n) is 4.74. The zero-order valence-electron chi connectivity index (χ0n) is 14.7. The largest absolute Gasteiger partial charge is 0.241 e. The molecular formula is C19H23NO4S2. The minimum absolute atomic E-state index is 0.0154. The van der Waals surface area contributed by atoms with Gasteiger partial charge in [0.05, 0.1) is 14.7 Å². The molecule has 7 heteroatoms. The molecule has 0 unspecified atom stereocenters. The van der Waals surface area contributed by atoms with E-state index in [2.05, 4.69) is 4.72 Å². The lowest BCUT2D eigenvalue weighted by molar-refractivity contribution is 0.412. The molecule has 0 atom stereocenters. The Bertz CT molecular complexity index is 977. The van der Waals surface area contributed by atoms with Crippen LogP contribution in [0.5, 0.6) is 0 Å². The maximum Gasteiger partial charge on any atom is 0.241 e. The maximum atomic E-state index is 12.8. The molecule has 0 aliphatic heterocycles. The van der Waals surface area contributed by atoms with E-state index in [0.29, 0.717) is 5.56 Å². The normalized spacial score (nSPS) is 16.5. The number of rotatable bonds is 5. The van der Waals surface area contributed by atoms with Crippen molar-refractivity contribution in [3.63, 3.8) is 0 Å². The maximum absolute atomic E-state index is 12.8. The van der Waals surface area contributed by atoms with Crippen LogP contribution < -0.4 is 4.72 Å². The van der Waals surface area contributed by atoms with Crippen molar-refractivity contribution < 1.29 is 16.8 Å². The number of benzene rings is 2. The van der Waals surface area contributed by atoms with E-state index in [1.807, 2.05) is 0 Å². The first-order valence-electron chi connectivity index (χ1n) is 8.74. The van der Waals surface area contributed by atoms with Crippen molar-refractivity contribution in [1.29, 1.82) is 0 Å². The van der Waals surface area contributed by atoms with Crippen LogP contribution in [0.2, 0.25) is 0 Å². The van der Waals surface area contributed by atoms with Crippen molar-refractivity contribution in [1.82, 2.24) is 4.72 Å². The van der Waals surface area contributed by atoms with Crippen LogP contribution in [0, 0.1) is 6.92 Å². The summed E-state index contributed by atoms with van der Waals surface area (Å²) in [6.07, 6.45) is 4.78. The fourth-order valence-electron chi connectivity index (χ4n) is 3.28. The van der Waals surface area contributed by atoms with Crippen LogP contribution in [-0.4, -0.2) is 22.9 Å². The summed E-state index contributed by atoms with van der Waals surface area (Å²) in [6.45, 7) is 1.67.